The largest absolute Gasteiger partial charge is 0.459 e. The summed E-state index contributed by atoms with van der Waals surface area (Å²) < 4.78 is 5.07. The lowest BCUT2D eigenvalue weighted by molar-refractivity contribution is 0.0996. The summed E-state index contributed by atoms with van der Waals surface area (Å²) in [6, 6.07) is 11.6. The van der Waals surface area contributed by atoms with Gasteiger partial charge in [0.1, 0.15) is 0 Å². The number of nitrogens with zero attached hydrogens (tertiary/aromatic N) is 1. The van der Waals surface area contributed by atoms with E-state index >= 15 is 0 Å². The van der Waals surface area contributed by atoms with Crippen molar-refractivity contribution in [2.45, 2.75) is 44.3 Å². The summed E-state index contributed by atoms with van der Waals surface area (Å²) in [5.74, 6) is -0.0200. The minimum atomic E-state index is -0.289. The molecule has 0 atom stereocenters. The van der Waals surface area contributed by atoms with E-state index in [0.29, 0.717) is 12.2 Å². The molecule has 2 aromatic rings. The van der Waals surface area contributed by atoms with Gasteiger partial charge in [0.15, 0.2) is 5.76 Å². The Labute approximate surface area is 164 Å². The first-order valence-electron chi connectivity index (χ1n) is 9.89. The Morgan fingerprint density at radius 3 is 2.43 bits per heavy atom. The van der Waals surface area contributed by atoms with Gasteiger partial charge in [0.05, 0.1) is 6.26 Å². The first kappa shape index (κ1) is 18.6. The Bertz CT molecular complexity index is 792. The van der Waals surface area contributed by atoms with Crippen molar-refractivity contribution in [3.05, 3.63) is 54.0 Å². The topological polar surface area (TPSA) is 86.6 Å². The molecule has 0 unspecified atom stereocenters. The summed E-state index contributed by atoms with van der Waals surface area (Å²) >= 11 is 0. The molecular formula is C21H26N4O3. The summed E-state index contributed by atoms with van der Waals surface area (Å²) in [5.41, 5.74) is 1.65. The molecule has 2 aliphatic rings. The van der Waals surface area contributed by atoms with E-state index in [9.17, 15) is 9.59 Å². The number of nitrogens with one attached hydrogen (secondary N) is 3. The van der Waals surface area contributed by atoms with Crippen LogP contribution in [0.25, 0.3) is 0 Å². The first-order chi connectivity index (χ1) is 13.7. The van der Waals surface area contributed by atoms with Crippen LogP contribution in [-0.2, 0) is 6.54 Å². The number of benzene rings is 1. The zero-order chi connectivity index (χ0) is 19.3. The third-order valence-corrected chi connectivity index (χ3v) is 5.34. The molecule has 28 heavy (non-hydrogen) atoms. The second-order valence-corrected chi connectivity index (χ2v) is 7.50. The van der Waals surface area contributed by atoms with Crippen LogP contribution in [0.5, 0.6) is 0 Å². The van der Waals surface area contributed by atoms with Crippen LogP contribution < -0.4 is 16.0 Å². The van der Waals surface area contributed by atoms with Gasteiger partial charge < -0.3 is 25.3 Å². The maximum Gasteiger partial charge on any atom is 0.315 e. The van der Waals surface area contributed by atoms with Crippen molar-refractivity contribution in [2.75, 3.05) is 18.4 Å². The number of furan rings is 1. The van der Waals surface area contributed by atoms with Gasteiger partial charge in [0.25, 0.3) is 5.91 Å². The van der Waals surface area contributed by atoms with Gasteiger partial charge >= 0.3 is 6.03 Å². The lowest BCUT2D eigenvalue weighted by atomic mass is 10.1. The fourth-order valence-corrected chi connectivity index (χ4v) is 3.57. The van der Waals surface area contributed by atoms with Gasteiger partial charge in [-0.15, -0.1) is 0 Å². The maximum absolute atomic E-state index is 12.2. The highest BCUT2D eigenvalue weighted by Crippen LogP contribution is 2.29. The lowest BCUT2D eigenvalue weighted by Crippen LogP contribution is -2.48. The SMILES string of the molecule is O=C(NCc1ccc(NC(=O)c2ccco2)cc1)NC1CCN(C2CC2)CC1. The van der Waals surface area contributed by atoms with Gasteiger partial charge in [-0.3, -0.25) is 4.79 Å². The molecule has 1 aromatic heterocycles. The van der Waals surface area contributed by atoms with Crippen LogP contribution in [-0.4, -0.2) is 42.0 Å². The Balaban J connectivity index is 1.18. The fraction of sp³-hybridized carbons (Fsp3) is 0.429. The van der Waals surface area contributed by atoms with Crippen molar-refractivity contribution in [2.24, 2.45) is 0 Å². The second-order valence-electron chi connectivity index (χ2n) is 7.50. The van der Waals surface area contributed by atoms with Gasteiger partial charge in [0.2, 0.25) is 0 Å². The van der Waals surface area contributed by atoms with Crippen molar-refractivity contribution in [3.8, 4) is 0 Å². The van der Waals surface area contributed by atoms with Gasteiger partial charge in [-0.2, -0.15) is 0 Å². The number of rotatable bonds is 6. The molecule has 2 heterocycles. The second kappa shape index (κ2) is 8.48. The Morgan fingerprint density at radius 1 is 1.04 bits per heavy atom. The number of carbonyl (C=O) groups is 2. The Kier molecular flexibility index (Phi) is 5.62. The Hall–Kier alpha value is -2.80. The monoisotopic (exact) mass is 382 g/mol. The fourth-order valence-electron chi connectivity index (χ4n) is 3.57. The minimum Gasteiger partial charge on any atom is -0.459 e. The molecule has 3 amide bonds. The molecule has 1 aliphatic carbocycles. The molecule has 4 rings (SSSR count). The zero-order valence-electron chi connectivity index (χ0n) is 15.8. The third-order valence-electron chi connectivity index (χ3n) is 5.34. The zero-order valence-corrected chi connectivity index (χ0v) is 15.8. The predicted molar refractivity (Wildman–Crippen MR) is 106 cm³/mol. The van der Waals surface area contributed by atoms with E-state index in [2.05, 4.69) is 20.9 Å². The van der Waals surface area contributed by atoms with Crippen LogP contribution in [0.2, 0.25) is 0 Å². The summed E-state index contributed by atoms with van der Waals surface area (Å²) in [7, 11) is 0. The number of urea groups is 1. The molecule has 0 spiro atoms. The number of amides is 3. The molecule has 7 nitrogen and oxygen atoms in total. The van der Waals surface area contributed by atoms with E-state index in [1.165, 1.54) is 19.1 Å². The molecule has 1 saturated heterocycles. The highest BCUT2D eigenvalue weighted by Gasteiger charge is 2.32. The summed E-state index contributed by atoms with van der Waals surface area (Å²) in [5, 5.41) is 8.76. The number of likely N-dealkylation sites (tertiary alicyclic amines) is 1. The van der Waals surface area contributed by atoms with E-state index in [4.69, 9.17) is 4.42 Å². The van der Waals surface area contributed by atoms with E-state index in [-0.39, 0.29) is 23.7 Å². The highest BCUT2D eigenvalue weighted by molar-refractivity contribution is 6.02. The van der Waals surface area contributed by atoms with Gasteiger partial charge in [-0.25, -0.2) is 4.79 Å². The molecule has 2 fully saturated rings. The minimum absolute atomic E-state index is 0.125. The van der Waals surface area contributed by atoms with Crippen LogP contribution in [0.1, 0.15) is 41.8 Å². The van der Waals surface area contributed by atoms with E-state index in [0.717, 1.165) is 37.5 Å². The van der Waals surface area contributed by atoms with Crippen molar-refractivity contribution < 1.29 is 14.0 Å². The molecule has 1 saturated carbocycles. The van der Waals surface area contributed by atoms with Crippen LogP contribution in [0.3, 0.4) is 0 Å². The van der Waals surface area contributed by atoms with Gasteiger partial charge in [-0.1, -0.05) is 12.1 Å². The van der Waals surface area contributed by atoms with Crippen molar-refractivity contribution in [3.63, 3.8) is 0 Å². The maximum atomic E-state index is 12.2. The van der Waals surface area contributed by atoms with Crippen LogP contribution >= 0.6 is 0 Å². The van der Waals surface area contributed by atoms with Gasteiger partial charge in [0, 0.05) is 37.4 Å². The number of anilines is 1. The predicted octanol–water partition coefficient (Wildman–Crippen LogP) is 2.96. The van der Waals surface area contributed by atoms with Gasteiger partial charge in [-0.05, 0) is 55.5 Å². The number of piperidine rings is 1. The van der Waals surface area contributed by atoms with Crippen LogP contribution in [0.15, 0.2) is 47.1 Å². The van der Waals surface area contributed by atoms with Crippen molar-refractivity contribution in [1.29, 1.82) is 0 Å². The number of hydrogen-bond donors (Lipinski definition) is 3. The van der Waals surface area contributed by atoms with E-state index in [1.54, 1.807) is 12.1 Å². The van der Waals surface area contributed by atoms with E-state index < -0.39 is 0 Å². The molecule has 0 radical (unpaired) electrons. The van der Waals surface area contributed by atoms with Crippen molar-refractivity contribution >= 4 is 17.6 Å². The number of hydrogen-bond acceptors (Lipinski definition) is 4. The van der Waals surface area contributed by atoms with Crippen LogP contribution in [0.4, 0.5) is 10.5 Å². The molecule has 7 heteroatoms. The quantitative estimate of drug-likeness (QED) is 0.717. The molecule has 1 aromatic carbocycles. The average molecular weight is 382 g/mol. The van der Waals surface area contributed by atoms with E-state index in [1.807, 2.05) is 24.3 Å². The molecule has 0 bridgehead atoms. The summed E-state index contributed by atoms with van der Waals surface area (Å²) in [6.45, 7) is 2.61. The molecule has 3 N–H and O–H groups in total. The molecule has 1 aliphatic heterocycles. The molecule has 148 valence electrons. The third kappa shape index (κ3) is 4.92. The van der Waals surface area contributed by atoms with Crippen LogP contribution in [0, 0.1) is 0 Å². The lowest BCUT2D eigenvalue weighted by Gasteiger charge is -2.32. The smallest absolute Gasteiger partial charge is 0.315 e. The normalized spacial score (nSPS) is 17.9. The van der Waals surface area contributed by atoms with Crippen molar-refractivity contribution in [1.82, 2.24) is 15.5 Å². The summed E-state index contributed by atoms with van der Waals surface area (Å²) in [6.07, 6.45) is 6.18. The standard InChI is InChI=1S/C21H26N4O3/c26-20(19-2-1-13-28-19)23-16-5-3-15(4-6-16)14-22-21(27)24-17-9-11-25(12-10-17)18-7-8-18/h1-6,13,17-18H,7-12,14H2,(H,23,26)(H2,22,24,27). The summed E-state index contributed by atoms with van der Waals surface area (Å²) in [4.78, 5) is 26.6. The highest BCUT2D eigenvalue weighted by atomic mass is 16.3. The molecular weight excluding hydrogens is 356 g/mol. The number of carbonyl (C=O) groups excluding carboxylic acids is 2. The Morgan fingerprint density at radius 2 is 1.79 bits per heavy atom. The average Bonchev–Trinajstić information content (AvgIpc) is 3.41. The first-order valence-corrected chi connectivity index (χ1v) is 9.89.